The van der Waals surface area contributed by atoms with Crippen LogP contribution in [0.1, 0.15) is 37.9 Å². The Hall–Kier alpha value is -1.39. The van der Waals surface area contributed by atoms with E-state index < -0.39 is 0 Å². The second-order valence-corrected chi connectivity index (χ2v) is 5.08. The van der Waals surface area contributed by atoms with E-state index in [0.29, 0.717) is 5.92 Å². The van der Waals surface area contributed by atoms with Crippen molar-refractivity contribution in [2.45, 2.75) is 45.2 Å². The van der Waals surface area contributed by atoms with Crippen molar-refractivity contribution in [2.75, 3.05) is 6.54 Å². The van der Waals surface area contributed by atoms with E-state index in [4.69, 9.17) is 5.41 Å². The number of rotatable bonds is 1. The summed E-state index contributed by atoms with van der Waals surface area (Å²) >= 11 is 0. The number of nitrogens with zero attached hydrogens (tertiary/aromatic N) is 4. The lowest BCUT2D eigenvalue weighted by atomic mass is 9.88. The van der Waals surface area contributed by atoms with Gasteiger partial charge in [0, 0.05) is 19.0 Å². The fourth-order valence-corrected chi connectivity index (χ4v) is 2.91. The van der Waals surface area contributed by atoms with Gasteiger partial charge in [-0.05, 0) is 12.8 Å². The van der Waals surface area contributed by atoms with Crippen LogP contribution in [-0.4, -0.2) is 32.0 Å². The van der Waals surface area contributed by atoms with Crippen LogP contribution in [-0.2, 0) is 13.1 Å². The van der Waals surface area contributed by atoms with Crippen LogP contribution in [0.4, 0.5) is 0 Å². The third kappa shape index (κ3) is 2.06. The van der Waals surface area contributed by atoms with Gasteiger partial charge in [-0.1, -0.05) is 19.3 Å². The molecule has 2 aliphatic rings. The zero-order valence-corrected chi connectivity index (χ0v) is 10.1. The van der Waals surface area contributed by atoms with Gasteiger partial charge in [0.15, 0.2) is 5.82 Å². The van der Waals surface area contributed by atoms with Crippen LogP contribution in [0.3, 0.4) is 0 Å². The van der Waals surface area contributed by atoms with E-state index in [2.05, 4.69) is 19.7 Å². The first kappa shape index (κ1) is 10.7. The number of nitrogens with one attached hydrogen (secondary N) is 1. The molecule has 0 amide bonds. The second-order valence-electron chi connectivity index (χ2n) is 5.08. The maximum absolute atomic E-state index is 8.34. The summed E-state index contributed by atoms with van der Waals surface area (Å²) in [5, 5.41) is 16.4. The van der Waals surface area contributed by atoms with Gasteiger partial charge < -0.3 is 9.47 Å². The summed E-state index contributed by atoms with van der Waals surface area (Å²) in [6, 6.07) is 0. The van der Waals surface area contributed by atoms with Crippen molar-refractivity contribution in [1.82, 2.24) is 19.7 Å². The van der Waals surface area contributed by atoms with E-state index in [1.165, 1.54) is 32.1 Å². The predicted molar refractivity (Wildman–Crippen MR) is 64.7 cm³/mol. The minimum atomic E-state index is 0.484. The molecule has 0 atom stereocenters. The molecule has 2 heterocycles. The highest BCUT2D eigenvalue weighted by molar-refractivity contribution is 5.81. The Balaban J connectivity index is 1.67. The summed E-state index contributed by atoms with van der Waals surface area (Å²) in [6.45, 7) is 2.60. The minimum Gasteiger partial charge on any atom is -0.351 e. The molecule has 3 rings (SSSR count). The average molecular weight is 233 g/mol. The Bertz CT molecular complexity index is 405. The van der Waals surface area contributed by atoms with E-state index in [-0.39, 0.29) is 0 Å². The molecule has 0 saturated heterocycles. The summed E-state index contributed by atoms with van der Waals surface area (Å²) in [5.41, 5.74) is 0. The van der Waals surface area contributed by atoms with Crippen LogP contribution in [0.2, 0.25) is 0 Å². The van der Waals surface area contributed by atoms with Crippen LogP contribution in [0.5, 0.6) is 0 Å². The molecule has 1 aromatic heterocycles. The summed E-state index contributed by atoms with van der Waals surface area (Å²) in [6.07, 6.45) is 8.10. The normalized spacial score (nSPS) is 21.3. The van der Waals surface area contributed by atoms with Crippen LogP contribution in [0.15, 0.2) is 6.33 Å². The zero-order chi connectivity index (χ0) is 11.7. The van der Waals surface area contributed by atoms with Crippen LogP contribution >= 0.6 is 0 Å². The molecule has 5 nitrogen and oxygen atoms in total. The van der Waals surface area contributed by atoms with Crippen molar-refractivity contribution in [3.63, 3.8) is 0 Å². The monoisotopic (exact) mass is 233 g/mol. The van der Waals surface area contributed by atoms with E-state index in [9.17, 15) is 0 Å². The molecule has 1 aliphatic carbocycles. The Kier molecular flexibility index (Phi) is 2.82. The highest BCUT2D eigenvalue weighted by Gasteiger charge is 2.26. The molecular formula is C12H19N5. The fourth-order valence-electron chi connectivity index (χ4n) is 2.91. The third-order valence-corrected chi connectivity index (χ3v) is 3.97. The summed E-state index contributed by atoms with van der Waals surface area (Å²) in [4.78, 5) is 2.18. The van der Waals surface area contributed by atoms with E-state index in [0.717, 1.165) is 31.3 Å². The molecule has 0 unspecified atom stereocenters. The molecule has 0 radical (unpaired) electrons. The summed E-state index contributed by atoms with van der Waals surface area (Å²) < 4.78 is 2.09. The standard InChI is InChI=1S/C12H19N5/c13-12(10-4-2-1-3-5-10)16-6-7-17-9-14-15-11(17)8-16/h9-10,13H,1-8H2. The topological polar surface area (TPSA) is 57.8 Å². The maximum Gasteiger partial charge on any atom is 0.152 e. The smallest absolute Gasteiger partial charge is 0.152 e. The maximum atomic E-state index is 8.34. The average Bonchev–Trinajstić information content (AvgIpc) is 2.86. The van der Waals surface area contributed by atoms with Crippen LogP contribution in [0.25, 0.3) is 0 Å². The number of fused-ring (bicyclic) bond motifs is 1. The lowest BCUT2D eigenvalue weighted by Crippen LogP contribution is -2.41. The molecule has 5 heteroatoms. The Labute approximate surface area is 101 Å². The SMILES string of the molecule is N=C(C1CCCCC1)N1CCn2cnnc2C1. The van der Waals surface area contributed by atoms with Gasteiger partial charge >= 0.3 is 0 Å². The molecule has 1 aliphatic heterocycles. The van der Waals surface area contributed by atoms with E-state index >= 15 is 0 Å². The van der Waals surface area contributed by atoms with Crippen LogP contribution in [0, 0.1) is 11.3 Å². The fraction of sp³-hybridized carbons (Fsp3) is 0.750. The molecule has 1 fully saturated rings. The van der Waals surface area contributed by atoms with Crippen molar-refractivity contribution >= 4 is 5.84 Å². The largest absolute Gasteiger partial charge is 0.351 e. The summed E-state index contributed by atoms with van der Waals surface area (Å²) in [5.74, 6) is 2.31. The lowest BCUT2D eigenvalue weighted by molar-refractivity contribution is 0.296. The van der Waals surface area contributed by atoms with Gasteiger partial charge in [-0.15, -0.1) is 10.2 Å². The highest BCUT2D eigenvalue weighted by atomic mass is 15.3. The van der Waals surface area contributed by atoms with Crippen molar-refractivity contribution < 1.29 is 0 Å². The first-order valence-electron chi connectivity index (χ1n) is 6.54. The van der Waals surface area contributed by atoms with Crippen molar-refractivity contribution in [3.05, 3.63) is 12.2 Å². The van der Waals surface area contributed by atoms with Gasteiger partial charge in [-0.3, -0.25) is 5.41 Å². The van der Waals surface area contributed by atoms with Gasteiger partial charge in [0.05, 0.1) is 12.4 Å². The molecular weight excluding hydrogens is 214 g/mol. The Morgan fingerprint density at radius 1 is 1.24 bits per heavy atom. The first-order valence-corrected chi connectivity index (χ1v) is 6.54. The molecule has 92 valence electrons. The van der Waals surface area contributed by atoms with Gasteiger partial charge in [0.25, 0.3) is 0 Å². The number of hydrogen-bond donors (Lipinski definition) is 1. The molecule has 0 spiro atoms. The number of hydrogen-bond acceptors (Lipinski definition) is 3. The van der Waals surface area contributed by atoms with Gasteiger partial charge in [0.1, 0.15) is 6.33 Å². The van der Waals surface area contributed by atoms with Gasteiger partial charge in [-0.25, -0.2) is 0 Å². The molecule has 1 N–H and O–H groups in total. The lowest BCUT2D eigenvalue weighted by Gasteiger charge is -2.34. The van der Waals surface area contributed by atoms with E-state index in [1.54, 1.807) is 6.33 Å². The second kappa shape index (κ2) is 4.47. The van der Waals surface area contributed by atoms with Crippen molar-refractivity contribution in [2.24, 2.45) is 5.92 Å². The first-order chi connectivity index (χ1) is 8.34. The minimum absolute atomic E-state index is 0.484. The molecule has 17 heavy (non-hydrogen) atoms. The predicted octanol–water partition coefficient (Wildman–Crippen LogP) is 1.65. The van der Waals surface area contributed by atoms with Crippen molar-refractivity contribution in [3.8, 4) is 0 Å². The van der Waals surface area contributed by atoms with Gasteiger partial charge in [0.2, 0.25) is 0 Å². The zero-order valence-electron chi connectivity index (χ0n) is 10.1. The van der Waals surface area contributed by atoms with E-state index in [1.807, 2.05) is 0 Å². The third-order valence-electron chi connectivity index (χ3n) is 3.97. The molecule has 1 saturated carbocycles. The Morgan fingerprint density at radius 3 is 2.88 bits per heavy atom. The molecule has 0 aromatic carbocycles. The molecule has 1 aromatic rings. The van der Waals surface area contributed by atoms with Gasteiger partial charge in [-0.2, -0.15) is 0 Å². The van der Waals surface area contributed by atoms with Crippen molar-refractivity contribution in [1.29, 1.82) is 5.41 Å². The van der Waals surface area contributed by atoms with Crippen LogP contribution < -0.4 is 0 Å². The number of aromatic nitrogens is 3. The highest BCUT2D eigenvalue weighted by Crippen LogP contribution is 2.26. The quantitative estimate of drug-likeness (QED) is 0.592. The molecule has 0 bridgehead atoms. The Morgan fingerprint density at radius 2 is 2.06 bits per heavy atom. The summed E-state index contributed by atoms with van der Waals surface area (Å²) in [7, 11) is 0. The number of amidine groups is 1.